The van der Waals surface area contributed by atoms with E-state index in [0.29, 0.717) is 0 Å². The fourth-order valence-corrected chi connectivity index (χ4v) is 3.50. The first kappa shape index (κ1) is 16.3. The summed E-state index contributed by atoms with van der Waals surface area (Å²) in [5, 5.41) is 0. The molecule has 1 unspecified atom stereocenters. The van der Waals surface area contributed by atoms with Gasteiger partial charge in [0.2, 0.25) is 5.91 Å². The van der Waals surface area contributed by atoms with Crippen LogP contribution < -0.4 is 10.6 Å². The minimum Gasteiger partial charge on any atom is -0.399 e. The molecule has 1 atom stereocenters. The fourth-order valence-electron chi connectivity index (χ4n) is 3.50. The number of nitrogens with two attached hydrogens (primary N) is 1. The number of carbonyl (C=O) groups excluding carboxylic acids is 1. The Hall–Kier alpha value is -3.14. The van der Waals surface area contributed by atoms with Crippen molar-refractivity contribution < 1.29 is 4.79 Å². The predicted octanol–water partition coefficient (Wildman–Crippen LogP) is 3.93. The molecule has 0 radical (unpaired) electrons. The van der Waals surface area contributed by atoms with Gasteiger partial charge in [-0.25, -0.2) is 0 Å². The van der Waals surface area contributed by atoms with Crippen molar-refractivity contribution in [3.63, 3.8) is 0 Å². The highest BCUT2D eigenvalue weighted by Gasteiger charge is 2.32. The molecule has 1 aromatic heterocycles. The second-order valence-corrected chi connectivity index (χ2v) is 6.70. The monoisotopic (exact) mass is 343 g/mol. The van der Waals surface area contributed by atoms with Crippen LogP contribution in [0.4, 0.5) is 11.4 Å². The maximum atomic E-state index is 12.8. The zero-order valence-corrected chi connectivity index (χ0v) is 14.5. The van der Waals surface area contributed by atoms with E-state index in [2.05, 4.69) is 17.1 Å². The normalized spacial score (nSPS) is 16.8. The van der Waals surface area contributed by atoms with E-state index in [0.717, 1.165) is 47.5 Å². The fraction of sp³-hybridized carbons (Fsp3) is 0.182. The summed E-state index contributed by atoms with van der Waals surface area (Å²) in [4.78, 5) is 18.8. The third-order valence-corrected chi connectivity index (χ3v) is 4.97. The molecule has 1 saturated heterocycles. The van der Waals surface area contributed by atoms with Gasteiger partial charge in [-0.2, -0.15) is 0 Å². The number of nitrogens with zero attached hydrogens (tertiary/aromatic N) is 2. The van der Waals surface area contributed by atoms with Crippen LogP contribution in [-0.4, -0.2) is 17.4 Å². The van der Waals surface area contributed by atoms with Crippen LogP contribution >= 0.6 is 0 Å². The molecule has 0 aliphatic carbocycles. The standard InChI is InChI=1S/C22H21N3O/c23-20-5-1-16(2-6-20)15-19-11-14-25(22(19)26)21-7-3-17(4-8-21)18-9-12-24-13-10-18/h1-10,12-13,19H,11,14-15,23H2. The van der Waals surface area contributed by atoms with Gasteiger partial charge in [0, 0.05) is 36.2 Å². The summed E-state index contributed by atoms with van der Waals surface area (Å²) in [7, 11) is 0. The SMILES string of the molecule is Nc1ccc(CC2CCN(c3ccc(-c4ccncc4)cc3)C2=O)cc1. The Morgan fingerprint density at radius 3 is 2.27 bits per heavy atom. The van der Waals surface area contributed by atoms with Gasteiger partial charge in [0.05, 0.1) is 0 Å². The lowest BCUT2D eigenvalue weighted by Crippen LogP contribution is -2.27. The number of anilines is 2. The van der Waals surface area contributed by atoms with Gasteiger partial charge < -0.3 is 10.6 Å². The largest absolute Gasteiger partial charge is 0.399 e. The third kappa shape index (κ3) is 3.31. The van der Waals surface area contributed by atoms with Crippen LogP contribution in [-0.2, 0) is 11.2 Å². The molecule has 2 heterocycles. The topological polar surface area (TPSA) is 59.2 Å². The summed E-state index contributed by atoms with van der Waals surface area (Å²) >= 11 is 0. The van der Waals surface area contributed by atoms with Crippen molar-refractivity contribution in [3.05, 3.63) is 78.6 Å². The summed E-state index contributed by atoms with van der Waals surface area (Å²) in [5.41, 5.74) is 10.9. The van der Waals surface area contributed by atoms with Gasteiger partial charge in [0.1, 0.15) is 0 Å². The molecule has 3 aromatic rings. The molecule has 4 rings (SSSR count). The quantitative estimate of drug-likeness (QED) is 0.730. The van der Waals surface area contributed by atoms with Crippen LogP contribution in [0.25, 0.3) is 11.1 Å². The first-order chi connectivity index (χ1) is 12.7. The zero-order chi connectivity index (χ0) is 17.9. The van der Waals surface area contributed by atoms with E-state index in [1.807, 2.05) is 53.4 Å². The highest BCUT2D eigenvalue weighted by Crippen LogP contribution is 2.29. The summed E-state index contributed by atoms with van der Waals surface area (Å²) in [6, 6.07) is 19.9. The number of hydrogen-bond acceptors (Lipinski definition) is 3. The minimum absolute atomic E-state index is 0.0403. The van der Waals surface area contributed by atoms with Crippen molar-refractivity contribution >= 4 is 17.3 Å². The van der Waals surface area contributed by atoms with Crippen molar-refractivity contribution in [2.24, 2.45) is 5.92 Å². The number of benzene rings is 2. The summed E-state index contributed by atoms with van der Waals surface area (Å²) in [6.45, 7) is 0.771. The molecule has 4 heteroatoms. The maximum Gasteiger partial charge on any atom is 0.230 e. The average Bonchev–Trinajstić information content (AvgIpc) is 3.05. The van der Waals surface area contributed by atoms with Crippen molar-refractivity contribution in [3.8, 4) is 11.1 Å². The molecule has 2 N–H and O–H groups in total. The van der Waals surface area contributed by atoms with E-state index in [4.69, 9.17) is 5.73 Å². The smallest absolute Gasteiger partial charge is 0.230 e. The number of carbonyl (C=O) groups is 1. The molecule has 26 heavy (non-hydrogen) atoms. The van der Waals surface area contributed by atoms with Crippen molar-refractivity contribution in [2.75, 3.05) is 17.2 Å². The Morgan fingerprint density at radius 1 is 0.923 bits per heavy atom. The summed E-state index contributed by atoms with van der Waals surface area (Å²) < 4.78 is 0. The third-order valence-electron chi connectivity index (χ3n) is 4.97. The molecule has 1 amide bonds. The highest BCUT2D eigenvalue weighted by molar-refractivity contribution is 5.97. The Labute approximate surface area is 153 Å². The zero-order valence-electron chi connectivity index (χ0n) is 14.5. The lowest BCUT2D eigenvalue weighted by Gasteiger charge is -2.17. The Balaban J connectivity index is 1.47. The Morgan fingerprint density at radius 2 is 1.58 bits per heavy atom. The van der Waals surface area contributed by atoms with Crippen molar-refractivity contribution in [1.82, 2.24) is 4.98 Å². The van der Waals surface area contributed by atoms with Crippen molar-refractivity contribution in [1.29, 1.82) is 0 Å². The molecule has 1 aliphatic rings. The number of hydrogen-bond donors (Lipinski definition) is 1. The molecule has 0 spiro atoms. The van der Waals surface area contributed by atoms with E-state index in [-0.39, 0.29) is 11.8 Å². The van der Waals surface area contributed by atoms with Gasteiger partial charge in [-0.15, -0.1) is 0 Å². The second kappa shape index (κ2) is 7.00. The molecular formula is C22H21N3O. The van der Waals surface area contributed by atoms with Crippen LogP contribution in [0, 0.1) is 5.92 Å². The Bertz CT molecular complexity index is 889. The molecular weight excluding hydrogens is 322 g/mol. The van der Waals surface area contributed by atoms with E-state index < -0.39 is 0 Å². The van der Waals surface area contributed by atoms with E-state index in [1.165, 1.54) is 0 Å². The first-order valence-corrected chi connectivity index (χ1v) is 8.87. The summed E-state index contributed by atoms with van der Waals surface area (Å²) in [5.74, 6) is 0.247. The van der Waals surface area contributed by atoms with Gasteiger partial charge in [-0.1, -0.05) is 24.3 Å². The molecule has 1 aliphatic heterocycles. The summed E-state index contributed by atoms with van der Waals surface area (Å²) in [6.07, 6.45) is 5.23. The molecule has 0 bridgehead atoms. The number of pyridine rings is 1. The van der Waals surface area contributed by atoms with Crippen LogP contribution in [0.5, 0.6) is 0 Å². The maximum absolute atomic E-state index is 12.8. The van der Waals surface area contributed by atoms with Gasteiger partial charge in [-0.3, -0.25) is 9.78 Å². The van der Waals surface area contributed by atoms with Crippen molar-refractivity contribution in [2.45, 2.75) is 12.8 Å². The van der Waals surface area contributed by atoms with Crippen LogP contribution in [0.1, 0.15) is 12.0 Å². The van der Waals surface area contributed by atoms with E-state index >= 15 is 0 Å². The van der Waals surface area contributed by atoms with Crippen LogP contribution in [0.15, 0.2) is 73.1 Å². The molecule has 4 nitrogen and oxygen atoms in total. The van der Waals surface area contributed by atoms with Gasteiger partial charge in [0.15, 0.2) is 0 Å². The van der Waals surface area contributed by atoms with Gasteiger partial charge in [0.25, 0.3) is 0 Å². The lowest BCUT2D eigenvalue weighted by atomic mass is 9.98. The Kier molecular flexibility index (Phi) is 4.40. The molecule has 1 fully saturated rings. The molecule has 2 aromatic carbocycles. The van der Waals surface area contributed by atoms with E-state index in [9.17, 15) is 4.79 Å². The lowest BCUT2D eigenvalue weighted by molar-refractivity contribution is -0.120. The number of aromatic nitrogens is 1. The second-order valence-electron chi connectivity index (χ2n) is 6.70. The molecule has 0 saturated carbocycles. The number of rotatable bonds is 4. The number of nitrogen functional groups attached to an aromatic ring is 1. The first-order valence-electron chi connectivity index (χ1n) is 8.87. The highest BCUT2D eigenvalue weighted by atomic mass is 16.2. The average molecular weight is 343 g/mol. The van der Waals surface area contributed by atoms with Gasteiger partial charge in [-0.05, 0) is 65.9 Å². The van der Waals surface area contributed by atoms with Crippen LogP contribution in [0.2, 0.25) is 0 Å². The number of amides is 1. The van der Waals surface area contributed by atoms with Gasteiger partial charge >= 0.3 is 0 Å². The minimum atomic E-state index is 0.0403. The predicted molar refractivity (Wildman–Crippen MR) is 105 cm³/mol. The van der Waals surface area contributed by atoms with Crippen LogP contribution in [0.3, 0.4) is 0 Å². The molecule has 130 valence electrons. The van der Waals surface area contributed by atoms with E-state index in [1.54, 1.807) is 12.4 Å².